The Morgan fingerprint density at radius 2 is 0.462 bits per heavy atom. The number of ether oxygens (including phenoxy) is 3. The lowest BCUT2D eigenvalue weighted by atomic mass is 10.0. The summed E-state index contributed by atoms with van der Waals surface area (Å²) in [4.78, 5) is 38.4. The molecule has 1 unspecified atom stereocenters. The number of carbonyl (C=O) groups excluding carboxylic acids is 3. The Labute approximate surface area is 485 Å². The quantitative estimate of drug-likeness (QED) is 0.0261. The van der Waals surface area contributed by atoms with Gasteiger partial charge < -0.3 is 14.2 Å². The third kappa shape index (κ3) is 63.9. The Morgan fingerprint density at radius 3 is 0.718 bits per heavy atom. The molecule has 0 heterocycles. The van der Waals surface area contributed by atoms with Gasteiger partial charge in [0, 0.05) is 19.3 Å². The molecular formula is C72H130O6. The number of rotatable bonds is 63. The zero-order valence-corrected chi connectivity index (χ0v) is 52.2. The molecule has 0 radical (unpaired) electrons. The van der Waals surface area contributed by atoms with Crippen LogP contribution in [0.15, 0.2) is 60.8 Å². The van der Waals surface area contributed by atoms with Crippen LogP contribution in [0.4, 0.5) is 0 Å². The summed E-state index contributed by atoms with van der Waals surface area (Å²) in [5.41, 5.74) is 0. The Bertz CT molecular complexity index is 1390. The van der Waals surface area contributed by atoms with Crippen LogP contribution in [0.2, 0.25) is 0 Å². The lowest BCUT2D eigenvalue weighted by molar-refractivity contribution is -0.167. The first-order valence-corrected chi connectivity index (χ1v) is 34.3. The summed E-state index contributed by atoms with van der Waals surface area (Å²) in [6.45, 7) is 6.66. The third-order valence-corrected chi connectivity index (χ3v) is 15.2. The van der Waals surface area contributed by atoms with Crippen molar-refractivity contribution in [3.05, 3.63) is 60.8 Å². The zero-order valence-electron chi connectivity index (χ0n) is 52.2. The van der Waals surface area contributed by atoms with Crippen LogP contribution in [0.25, 0.3) is 0 Å². The van der Waals surface area contributed by atoms with Gasteiger partial charge in [0.2, 0.25) is 0 Å². The lowest BCUT2D eigenvalue weighted by Gasteiger charge is -2.18. The van der Waals surface area contributed by atoms with Crippen LogP contribution >= 0.6 is 0 Å². The molecule has 0 fully saturated rings. The first kappa shape index (κ1) is 75.1. The maximum absolute atomic E-state index is 12.9. The van der Waals surface area contributed by atoms with Gasteiger partial charge in [-0.3, -0.25) is 14.4 Å². The molecule has 0 saturated heterocycles. The molecule has 78 heavy (non-hydrogen) atoms. The normalized spacial score (nSPS) is 12.4. The molecule has 0 amide bonds. The van der Waals surface area contributed by atoms with E-state index in [0.29, 0.717) is 19.3 Å². The second-order valence-corrected chi connectivity index (χ2v) is 23.1. The average Bonchev–Trinajstić information content (AvgIpc) is 3.44. The molecule has 0 aliphatic heterocycles. The molecule has 0 spiro atoms. The van der Waals surface area contributed by atoms with Gasteiger partial charge in [-0.25, -0.2) is 0 Å². The van der Waals surface area contributed by atoms with Gasteiger partial charge in [0.1, 0.15) is 13.2 Å². The van der Waals surface area contributed by atoms with Gasteiger partial charge in [-0.05, 0) is 89.9 Å². The van der Waals surface area contributed by atoms with Crippen LogP contribution in [-0.4, -0.2) is 37.2 Å². The van der Waals surface area contributed by atoms with Crippen molar-refractivity contribution in [2.75, 3.05) is 13.2 Å². The number of hydrogen-bond donors (Lipinski definition) is 0. The topological polar surface area (TPSA) is 78.9 Å². The van der Waals surface area contributed by atoms with E-state index in [4.69, 9.17) is 14.2 Å². The van der Waals surface area contributed by atoms with Gasteiger partial charge in [-0.2, -0.15) is 0 Å². The number of esters is 3. The van der Waals surface area contributed by atoms with E-state index in [1.54, 1.807) is 0 Å². The fourth-order valence-corrected chi connectivity index (χ4v) is 10.1. The minimum atomic E-state index is -0.781. The van der Waals surface area contributed by atoms with Gasteiger partial charge in [-0.1, -0.05) is 313 Å². The van der Waals surface area contributed by atoms with Crippen molar-refractivity contribution < 1.29 is 28.6 Å². The predicted molar refractivity (Wildman–Crippen MR) is 339 cm³/mol. The highest BCUT2D eigenvalue weighted by Gasteiger charge is 2.19. The number of allylic oxidation sites excluding steroid dienone is 10. The van der Waals surface area contributed by atoms with Crippen LogP contribution < -0.4 is 0 Å². The number of unbranched alkanes of at least 4 members (excludes halogenated alkanes) is 42. The van der Waals surface area contributed by atoms with Crippen LogP contribution in [-0.2, 0) is 28.6 Å². The van der Waals surface area contributed by atoms with Crippen molar-refractivity contribution in [1.82, 2.24) is 0 Å². The molecule has 0 N–H and O–H groups in total. The molecule has 6 nitrogen and oxygen atoms in total. The molecule has 0 saturated carbocycles. The summed E-state index contributed by atoms with van der Waals surface area (Å²) in [6.07, 6.45) is 85.2. The molecule has 0 aliphatic carbocycles. The first-order chi connectivity index (χ1) is 38.5. The molecule has 0 aromatic heterocycles. The highest BCUT2D eigenvalue weighted by atomic mass is 16.6. The summed E-state index contributed by atoms with van der Waals surface area (Å²) in [5.74, 6) is -0.867. The second kappa shape index (κ2) is 66.6. The Balaban J connectivity index is 4.31. The van der Waals surface area contributed by atoms with Crippen molar-refractivity contribution in [1.29, 1.82) is 0 Å². The maximum atomic E-state index is 12.9. The Morgan fingerprint density at radius 1 is 0.256 bits per heavy atom. The fraction of sp³-hybridized carbons (Fsp3) is 0.819. The molecular weight excluding hydrogens is 961 g/mol. The standard InChI is InChI=1S/C72H130O6/c1-4-7-10-13-16-19-22-25-28-30-32-34-35-36-37-39-40-42-44-47-50-53-56-59-62-65-71(74)77-68-69(67-76-70(73)64-61-58-55-52-49-46-27-24-21-18-15-12-9-6-3)78-72(75)66-63-60-57-54-51-48-45-43-41-38-33-31-29-26-23-20-17-14-11-8-5-2/h22-23,25-26,30-33,41,43,69H,4-21,24,27-29,34-40,42,44-68H2,1-3H3/b25-22-,26-23-,32-30-,33-31-,43-41-. The van der Waals surface area contributed by atoms with E-state index in [9.17, 15) is 14.4 Å². The Kier molecular flexibility index (Phi) is 64.2. The van der Waals surface area contributed by atoms with E-state index in [1.165, 1.54) is 238 Å². The largest absolute Gasteiger partial charge is 0.462 e. The van der Waals surface area contributed by atoms with E-state index < -0.39 is 6.10 Å². The van der Waals surface area contributed by atoms with Gasteiger partial charge in [0.25, 0.3) is 0 Å². The minimum absolute atomic E-state index is 0.0759. The van der Waals surface area contributed by atoms with Crippen molar-refractivity contribution in [2.45, 2.75) is 367 Å². The van der Waals surface area contributed by atoms with E-state index in [0.717, 1.165) is 83.5 Å². The molecule has 0 aliphatic rings. The maximum Gasteiger partial charge on any atom is 0.306 e. The van der Waals surface area contributed by atoms with E-state index in [1.807, 2.05) is 0 Å². The van der Waals surface area contributed by atoms with Gasteiger partial charge in [0.05, 0.1) is 0 Å². The molecule has 0 aromatic rings. The van der Waals surface area contributed by atoms with Crippen molar-refractivity contribution in [2.24, 2.45) is 0 Å². The van der Waals surface area contributed by atoms with Crippen LogP contribution in [0.1, 0.15) is 361 Å². The zero-order chi connectivity index (χ0) is 56.4. The van der Waals surface area contributed by atoms with Crippen molar-refractivity contribution >= 4 is 17.9 Å². The summed E-state index contributed by atoms with van der Waals surface area (Å²) in [6, 6.07) is 0. The Hall–Kier alpha value is -2.89. The summed E-state index contributed by atoms with van der Waals surface area (Å²) in [5, 5.41) is 0. The van der Waals surface area contributed by atoms with Crippen molar-refractivity contribution in [3.8, 4) is 0 Å². The number of carbonyl (C=O) groups is 3. The number of hydrogen-bond acceptors (Lipinski definition) is 6. The summed E-state index contributed by atoms with van der Waals surface area (Å²) >= 11 is 0. The van der Waals surface area contributed by atoms with E-state index >= 15 is 0 Å². The van der Waals surface area contributed by atoms with Gasteiger partial charge in [-0.15, -0.1) is 0 Å². The van der Waals surface area contributed by atoms with Crippen LogP contribution in [0.5, 0.6) is 0 Å². The van der Waals surface area contributed by atoms with Crippen LogP contribution in [0, 0.1) is 0 Å². The smallest absolute Gasteiger partial charge is 0.306 e. The molecule has 6 heteroatoms. The predicted octanol–water partition coefficient (Wildman–Crippen LogP) is 23.5. The molecule has 454 valence electrons. The average molecular weight is 1090 g/mol. The van der Waals surface area contributed by atoms with E-state index in [-0.39, 0.29) is 31.1 Å². The second-order valence-electron chi connectivity index (χ2n) is 23.1. The molecule has 0 aromatic carbocycles. The lowest BCUT2D eigenvalue weighted by Crippen LogP contribution is -2.30. The first-order valence-electron chi connectivity index (χ1n) is 34.3. The third-order valence-electron chi connectivity index (χ3n) is 15.2. The van der Waals surface area contributed by atoms with Gasteiger partial charge >= 0.3 is 17.9 Å². The summed E-state index contributed by atoms with van der Waals surface area (Å²) < 4.78 is 17.0. The fourth-order valence-electron chi connectivity index (χ4n) is 10.1. The SMILES string of the molecule is CCCCCCC/C=C\C/C=C\C/C=C\CCCCCCCCC(=O)OC(COC(=O)CCCCCCCCCCCCCCCC)COC(=O)CCCCCCCCCCCCCCC/C=C\C/C=C\CCCCCCC. The minimum Gasteiger partial charge on any atom is -0.462 e. The highest BCUT2D eigenvalue weighted by Crippen LogP contribution is 2.17. The molecule has 0 bridgehead atoms. The van der Waals surface area contributed by atoms with E-state index in [2.05, 4.69) is 81.5 Å². The molecule has 1 atom stereocenters. The van der Waals surface area contributed by atoms with Crippen LogP contribution in [0.3, 0.4) is 0 Å². The summed E-state index contributed by atoms with van der Waals surface area (Å²) in [7, 11) is 0. The van der Waals surface area contributed by atoms with Gasteiger partial charge in [0.15, 0.2) is 6.10 Å². The monoisotopic (exact) mass is 1090 g/mol. The highest BCUT2D eigenvalue weighted by molar-refractivity contribution is 5.71. The van der Waals surface area contributed by atoms with Crippen molar-refractivity contribution in [3.63, 3.8) is 0 Å². The molecule has 0 rings (SSSR count).